The van der Waals surface area contributed by atoms with Crippen molar-refractivity contribution >= 4 is 46.0 Å². The van der Waals surface area contributed by atoms with Gasteiger partial charge in [-0.2, -0.15) is 0 Å². The summed E-state index contributed by atoms with van der Waals surface area (Å²) in [4.78, 5) is 0. The van der Waals surface area contributed by atoms with Crippen LogP contribution < -0.4 is 22.1 Å². The molecule has 0 aliphatic rings. The van der Waals surface area contributed by atoms with Gasteiger partial charge in [-0.25, -0.2) is 0 Å². The van der Waals surface area contributed by atoms with Gasteiger partial charge >= 0.3 is 0 Å². The summed E-state index contributed by atoms with van der Waals surface area (Å²) in [6.07, 6.45) is 3.37. The van der Waals surface area contributed by atoms with Crippen molar-refractivity contribution in [1.29, 1.82) is 0 Å². The van der Waals surface area contributed by atoms with Crippen LogP contribution in [0.4, 0.5) is 22.7 Å². The summed E-state index contributed by atoms with van der Waals surface area (Å²) >= 11 is 12.2. The molecule has 2 rings (SSSR count). The number of nitrogens with zero attached hydrogens (tertiary/aromatic N) is 1. The topological polar surface area (TPSA) is 76.1 Å². The first kappa shape index (κ1) is 26.2. The molecule has 0 saturated heterocycles. The highest BCUT2D eigenvalue weighted by molar-refractivity contribution is 6.33. The number of nitrogens with two attached hydrogens (primary N) is 2. The number of halogens is 2. The third-order valence-electron chi connectivity index (χ3n) is 5.17. The predicted octanol–water partition coefficient (Wildman–Crippen LogP) is 5.77. The minimum atomic E-state index is 0. The van der Waals surface area contributed by atoms with Crippen LogP contribution in [0.3, 0.4) is 0 Å². The molecule has 6 N–H and O–H groups in total. The summed E-state index contributed by atoms with van der Waals surface area (Å²) in [6.45, 7) is 7.54. The van der Waals surface area contributed by atoms with E-state index in [0.717, 1.165) is 54.9 Å². The number of hydrogen-bond donors (Lipinski definition) is 4. The zero-order valence-corrected chi connectivity index (χ0v) is 20.0. The third kappa shape index (κ3) is 8.50. The molecular formula is C23H37Cl2N5. The average molecular weight is 454 g/mol. The minimum absolute atomic E-state index is 0. The first-order valence-electron chi connectivity index (χ1n) is 10.2. The molecule has 0 atom stereocenters. The maximum Gasteiger partial charge on any atom is 0.0801 e. The molecule has 0 bridgehead atoms. The van der Waals surface area contributed by atoms with Gasteiger partial charge < -0.3 is 34.0 Å². The fourth-order valence-corrected chi connectivity index (χ4v) is 3.90. The number of nitrogen functional groups attached to an aromatic ring is 2. The van der Waals surface area contributed by atoms with Crippen LogP contribution in [-0.4, -0.2) is 44.3 Å². The second-order valence-electron chi connectivity index (χ2n) is 7.82. The van der Waals surface area contributed by atoms with Crippen LogP contribution in [-0.2, 0) is 0 Å². The highest BCUT2D eigenvalue weighted by Crippen LogP contribution is 2.23. The van der Waals surface area contributed by atoms with E-state index in [9.17, 15) is 0 Å². The quantitative estimate of drug-likeness (QED) is 0.142. The van der Waals surface area contributed by atoms with Gasteiger partial charge in [0, 0.05) is 37.3 Å². The molecule has 2 aromatic carbocycles. The zero-order valence-electron chi connectivity index (χ0n) is 18.5. The first-order valence-corrected chi connectivity index (χ1v) is 11.0. The van der Waals surface area contributed by atoms with Gasteiger partial charge in [-0.3, -0.25) is 0 Å². The van der Waals surface area contributed by atoms with E-state index in [1.807, 2.05) is 36.4 Å². The molecule has 0 radical (unpaired) electrons. The lowest BCUT2D eigenvalue weighted by atomic mass is 10.2. The van der Waals surface area contributed by atoms with Crippen LogP contribution in [0, 0.1) is 7.43 Å². The maximum absolute atomic E-state index is 6.08. The van der Waals surface area contributed by atoms with Gasteiger partial charge in [-0.05, 0) is 42.8 Å². The summed E-state index contributed by atoms with van der Waals surface area (Å²) in [5.74, 6) is 0. The van der Waals surface area contributed by atoms with Gasteiger partial charge in [0.1, 0.15) is 0 Å². The van der Waals surface area contributed by atoms with E-state index in [0.29, 0.717) is 21.4 Å². The number of rotatable bonds is 12. The molecule has 5 nitrogen and oxygen atoms in total. The van der Waals surface area contributed by atoms with Crippen LogP contribution in [0.15, 0.2) is 36.4 Å². The van der Waals surface area contributed by atoms with Gasteiger partial charge in [0.2, 0.25) is 0 Å². The molecule has 30 heavy (non-hydrogen) atoms. The third-order valence-corrected chi connectivity index (χ3v) is 5.83. The van der Waals surface area contributed by atoms with E-state index >= 15 is 0 Å². The highest BCUT2D eigenvalue weighted by atomic mass is 35.5. The summed E-state index contributed by atoms with van der Waals surface area (Å²) in [5, 5.41) is 8.07. The fourth-order valence-electron chi connectivity index (χ4n) is 3.54. The highest BCUT2D eigenvalue weighted by Gasteiger charge is 2.19. The fraction of sp³-hybridized carbons (Fsp3) is 0.435. The SMILES string of the molecule is CCC[N+](C)(CCCNc1ccc(N)c(Cl)c1)CCCNc1ccc(N)c(Cl)c1.[CH3-]. The van der Waals surface area contributed by atoms with Crippen molar-refractivity contribution in [1.82, 2.24) is 0 Å². The Hall–Kier alpha value is -1.82. The number of benzene rings is 2. The molecule has 0 aliphatic heterocycles. The van der Waals surface area contributed by atoms with Crippen LogP contribution in [0.2, 0.25) is 10.0 Å². The number of nitrogens with one attached hydrogen (secondary N) is 2. The van der Waals surface area contributed by atoms with Gasteiger partial charge in [-0.15, -0.1) is 0 Å². The van der Waals surface area contributed by atoms with E-state index in [2.05, 4.69) is 24.6 Å². The summed E-state index contributed by atoms with van der Waals surface area (Å²) in [6, 6.07) is 11.4. The molecule has 2 aromatic rings. The largest absolute Gasteiger partial charge is 0.398 e. The second-order valence-corrected chi connectivity index (χ2v) is 8.64. The Balaban J connectivity index is 0.00000450. The van der Waals surface area contributed by atoms with E-state index in [4.69, 9.17) is 34.7 Å². The molecule has 0 saturated carbocycles. The van der Waals surface area contributed by atoms with Crippen molar-refractivity contribution < 1.29 is 4.48 Å². The summed E-state index contributed by atoms with van der Waals surface area (Å²) in [5.41, 5.74) is 14.8. The Labute approximate surface area is 192 Å². The van der Waals surface area contributed by atoms with Crippen molar-refractivity contribution in [3.63, 3.8) is 0 Å². The van der Waals surface area contributed by atoms with Gasteiger partial charge in [0.25, 0.3) is 0 Å². The molecule has 0 fully saturated rings. The monoisotopic (exact) mass is 453 g/mol. The summed E-state index contributed by atoms with van der Waals surface area (Å²) in [7, 11) is 2.35. The normalized spacial score (nSPS) is 11.1. The van der Waals surface area contributed by atoms with Crippen LogP contribution >= 0.6 is 23.2 Å². The second kappa shape index (κ2) is 12.8. The Kier molecular flexibility index (Phi) is 11.2. The molecule has 0 unspecified atom stereocenters. The lowest BCUT2D eigenvalue weighted by Crippen LogP contribution is -2.47. The average Bonchev–Trinajstić information content (AvgIpc) is 2.68. The Morgan fingerprint density at radius 1 is 0.800 bits per heavy atom. The van der Waals surface area contributed by atoms with Crippen molar-refractivity contribution in [2.45, 2.75) is 26.2 Å². The van der Waals surface area contributed by atoms with Crippen molar-refractivity contribution in [3.8, 4) is 0 Å². The zero-order chi connectivity index (χ0) is 21.3. The van der Waals surface area contributed by atoms with Crippen molar-refractivity contribution in [2.24, 2.45) is 0 Å². The molecule has 0 spiro atoms. The Morgan fingerprint density at radius 2 is 1.23 bits per heavy atom. The maximum atomic E-state index is 6.08. The van der Waals surface area contributed by atoms with E-state index in [-0.39, 0.29) is 7.43 Å². The lowest BCUT2D eigenvalue weighted by molar-refractivity contribution is -0.909. The van der Waals surface area contributed by atoms with Crippen LogP contribution in [0.5, 0.6) is 0 Å². The molecule has 0 heterocycles. The first-order chi connectivity index (χ1) is 13.8. The van der Waals surface area contributed by atoms with Crippen molar-refractivity contribution in [3.05, 3.63) is 53.9 Å². The Bertz CT molecular complexity index is 723. The summed E-state index contributed by atoms with van der Waals surface area (Å²) < 4.78 is 1.07. The van der Waals surface area contributed by atoms with Gasteiger partial charge in [0.05, 0.1) is 48.1 Å². The van der Waals surface area contributed by atoms with E-state index in [1.54, 1.807) is 0 Å². The van der Waals surface area contributed by atoms with Crippen LogP contribution in [0.1, 0.15) is 26.2 Å². The van der Waals surface area contributed by atoms with Gasteiger partial charge in [-0.1, -0.05) is 30.1 Å². The van der Waals surface area contributed by atoms with Crippen molar-refractivity contribution in [2.75, 3.05) is 61.9 Å². The lowest BCUT2D eigenvalue weighted by Gasteiger charge is -2.34. The minimum Gasteiger partial charge on any atom is -0.398 e. The molecule has 168 valence electrons. The predicted molar refractivity (Wildman–Crippen MR) is 135 cm³/mol. The molecule has 0 aromatic heterocycles. The van der Waals surface area contributed by atoms with Gasteiger partial charge in [0.15, 0.2) is 0 Å². The Morgan fingerprint density at radius 3 is 1.60 bits per heavy atom. The molecular weight excluding hydrogens is 417 g/mol. The number of hydrogen-bond acceptors (Lipinski definition) is 4. The number of anilines is 4. The van der Waals surface area contributed by atoms with E-state index in [1.165, 1.54) is 13.0 Å². The molecule has 0 amide bonds. The number of quaternary nitrogens is 1. The standard InChI is InChI=1S/C22H34Cl2N5.CH3/c1-3-12-29(2,13-4-10-27-17-6-8-21(25)19(23)15-17)14-5-11-28-18-7-9-22(26)20(24)16-18;/h6-9,15-16,27-28H,3-5,10-14,25-26H2,1-2H3;1H3/q+1;-1. The smallest absolute Gasteiger partial charge is 0.0801 e. The molecule has 0 aliphatic carbocycles. The van der Waals surface area contributed by atoms with Crippen LogP contribution in [0.25, 0.3) is 0 Å². The van der Waals surface area contributed by atoms with E-state index < -0.39 is 0 Å². The molecule has 7 heteroatoms.